The van der Waals surface area contributed by atoms with Gasteiger partial charge in [0, 0.05) is 17.2 Å². The van der Waals surface area contributed by atoms with E-state index in [1.165, 1.54) is 6.21 Å². The van der Waals surface area contributed by atoms with E-state index in [9.17, 15) is 16.8 Å². The molecule has 1 saturated heterocycles. The number of ether oxygens (including phenoxy) is 1. The zero-order valence-electron chi connectivity index (χ0n) is 19.4. The zero-order valence-corrected chi connectivity index (χ0v) is 21.7. The van der Waals surface area contributed by atoms with Gasteiger partial charge in [-0.3, -0.25) is 13.4 Å². The van der Waals surface area contributed by atoms with Crippen LogP contribution in [0, 0.1) is 5.92 Å². The number of hydrogen-bond acceptors (Lipinski definition) is 8. The molecule has 0 radical (unpaired) electrons. The van der Waals surface area contributed by atoms with Crippen LogP contribution in [0.25, 0.3) is 0 Å². The molecule has 8 nitrogen and oxygen atoms in total. The quantitative estimate of drug-likeness (QED) is 0.388. The van der Waals surface area contributed by atoms with E-state index >= 15 is 0 Å². The molecule has 1 aliphatic carbocycles. The Balaban J connectivity index is 1.68. The van der Waals surface area contributed by atoms with Crippen LogP contribution in [0.5, 0.6) is 0 Å². The topological polar surface area (TPSA) is 108 Å². The van der Waals surface area contributed by atoms with Crippen LogP contribution in [-0.2, 0) is 33.3 Å². The van der Waals surface area contributed by atoms with Crippen LogP contribution in [0.15, 0.2) is 59.6 Å². The molecular formula is C24H28ClNO7S2. The van der Waals surface area contributed by atoms with Gasteiger partial charge >= 0.3 is 0 Å². The lowest BCUT2D eigenvalue weighted by Gasteiger charge is -2.47. The highest BCUT2D eigenvalue weighted by Gasteiger charge is 2.52. The van der Waals surface area contributed by atoms with Gasteiger partial charge < -0.3 is 4.74 Å². The van der Waals surface area contributed by atoms with Gasteiger partial charge in [0.05, 0.1) is 18.6 Å². The zero-order chi connectivity index (χ0) is 25.2. The number of rotatable bonds is 7. The van der Waals surface area contributed by atoms with Crippen LogP contribution >= 0.6 is 11.6 Å². The van der Waals surface area contributed by atoms with Gasteiger partial charge in [0.15, 0.2) is 12.3 Å². The second kappa shape index (κ2) is 10.7. The van der Waals surface area contributed by atoms with Crippen LogP contribution in [0.3, 0.4) is 0 Å². The van der Waals surface area contributed by atoms with Crippen molar-refractivity contribution in [2.75, 3.05) is 12.5 Å². The van der Waals surface area contributed by atoms with Crippen molar-refractivity contribution in [3.8, 4) is 0 Å². The molecule has 0 amide bonds. The van der Waals surface area contributed by atoms with Gasteiger partial charge in [-0.05, 0) is 48.4 Å². The van der Waals surface area contributed by atoms with E-state index in [-0.39, 0.29) is 12.0 Å². The Labute approximate surface area is 211 Å². The Hall–Kier alpha value is -1.82. The summed E-state index contributed by atoms with van der Waals surface area (Å²) in [5.41, 5.74) is 1.85. The lowest BCUT2D eigenvalue weighted by atomic mass is 9.72. The third-order valence-corrected chi connectivity index (χ3v) is 7.65. The first kappa shape index (κ1) is 26.2. The summed E-state index contributed by atoms with van der Waals surface area (Å²) in [6, 6.07) is 16.8. The van der Waals surface area contributed by atoms with Crippen molar-refractivity contribution in [3.63, 3.8) is 0 Å². The van der Waals surface area contributed by atoms with Crippen molar-refractivity contribution in [1.29, 1.82) is 0 Å². The Morgan fingerprint density at radius 1 is 0.914 bits per heavy atom. The maximum atomic E-state index is 12.2. The first-order valence-corrected chi connectivity index (χ1v) is 15.3. The highest BCUT2D eigenvalue weighted by molar-refractivity contribution is 7.86. The maximum Gasteiger partial charge on any atom is 0.264 e. The van der Waals surface area contributed by atoms with Gasteiger partial charge in [0.1, 0.15) is 6.10 Å². The van der Waals surface area contributed by atoms with Crippen molar-refractivity contribution in [2.24, 2.45) is 10.9 Å². The van der Waals surface area contributed by atoms with E-state index in [0.29, 0.717) is 23.4 Å². The molecule has 0 bridgehead atoms. The Bertz CT molecular complexity index is 1250. The molecule has 2 aromatic rings. The average molecular weight is 542 g/mol. The van der Waals surface area contributed by atoms with Crippen LogP contribution in [0.1, 0.15) is 36.3 Å². The van der Waals surface area contributed by atoms with Gasteiger partial charge in [0.25, 0.3) is 20.2 Å². The highest BCUT2D eigenvalue weighted by atomic mass is 35.5. The number of fused-ring (bicyclic) bond motifs is 1. The third-order valence-electron chi connectivity index (χ3n) is 6.26. The van der Waals surface area contributed by atoms with Gasteiger partial charge in [-0.15, -0.1) is 0 Å². The maximum absolute atomic E-state index is 12.2. The fourth-order valence-electron chi connectivity index (χ4n) is 4.84. The van der Waals surface area contributed by atoms with Gasteiger partial charge in [-0.2, -0.15) is 16.8 Å². The molecule has 0 spiro atoms. The lowest BCUT2D eigenvalue weighted by Crippen LogP contribution is -2.58. The van der Waals surface area contributed by atoms with Crippen LogP contribution < -0.4 is 0 Å². The van der Waals surface area contributed by atoms with E-state index in [2.05, 4.69) is 4.99 Å². The highest BCUT2D eigenvalue weighted by Crippen LogP contribution is 2.45. The third kappa shape index (κ3) is 7.12. The fraction of sp³-hybridized carbons (Fsp3) is 0.458. The monoisotopic (exact) mass is 541 g/mol. The summed E-state index contributed by atoms with van der Waals surface area (Å²) >= 11 is 5.94. The van der Waals surface area contributed by atoms with Crippen molar-refractivity contribution in [2.45, 2.75) is 49.7 Å². The molecular weight excluding hydrogens is 514 g/mol. The summed E-state index contributed by atoms with van der Waals surface area (Å²) in [5.74, 6) is -0.253. The Morgan fingerprint density at radius 2 is 1.54 bits per heavy atom. The summed E-state index contributed by atoms with van der Waals surface area (Å²) in [6.07, 6.45) is 1.60. The molecule has 190 valence electrons. The van der Waals surface area contributed by atoms with E-state index in [4.69, 9.17) is 24.7 Å². The molecule has 6 atom stereocenters. The Morgan fingerprint density at radius 3 is 2.17 bits per heavy atom. The molecule has 2 aliphatic rings. The molecule has 1 aliphatic heterocycles. The number of hydrogen-bond donors (Lipinski definition) is 0. The number of aliphatic imine (C=N–C) groups is 1. The van der Waals surface area contributed by atoms with Crippen LogP contribution in [0.4, 0.5) is 0 Å². The number of benzene rings is 2. The van der Waals surface area contributed by atoms with Gasteiger partial charge in [0.2, 0.25) is 0 Å². The first-order valence-electron chi connectivity index (χ1n) is 11.2. The van der Waals surface area contributed by atoms with Crippen molar-refractivity contribution < 1.29 is 29.9 Å². The molecule has 1 saturated carbocycles. The molecule has 4 rings (SSSR count). The van der Waals surface area contributed by atoms with Crippen molar-refractivity contribution >= 4 is 38.1 Å². The van der Waals surface area contributed by atoms with E-state index in [0.717, 1.165) is 24.5 Å². The van der Waals surface area contributed by atoms with Crippen molar-refractivity contribution in [3.05, 3.63) is 70.7 Å². The second-order valence-corrected chi connectivity index (χ2v) is 12.6. The average Bonchev–Trinajstić information content (AvgIpc) is 2.79. The summed E-state index contributed by atoms with van der Waals surface area (Å²) in [4.78, 5) is 4.44. The molecule has 2 aromatic carbocycles. The molecule has 2 fully saturated rings. The molecule has 0 N–H and O–H groups in total. The minimum Gasteiger partial charge on any atom is -0.350 e. The summed E-state index contributed by atoms with van der Waals surface area (Å²) in [7, 11) is -7.92. The van der Waals surface area contributed by atoms with Gasteiger partial charge in [-0.25, -0.2) is 0 Å². The standard InChI is InChI=1S/C24H28ClNO7S2/c1-34(27,28)32-22-20-14-18(17-6-4-3-5-7-17)10-13-21(20)31-24(23(22)33-35(2,29)30)26-15-16-8-11-19(25)12-9-16/h3-9,11-12,15,18,20-24H,10,13-14H2,1-2H3/b26-15+/t18-,20-,21-,22+,23-,24+/m1/s1. The minimum atomic E-state index is -3.98. The smallest absolute Gasteiger partial charge is 0.264 e. The minimum absolute atomic E-state index is 0.153. The molecule has 35 heavy (non-hydrogen) atoms. The van der Waals surface area contributed by atoms with Crippen LogP contribution in [0.2, 0.25) is 5.02 Å². The van der Waals surface area contributed by atoms with E-state index < -0.39 is 44.6 Å². The fourth-order valence-corrected chi connectivity index (χ4v) is 6.23. The SMILES string of the molecule is CS(=O)(=O)O[C@@H]1[C@@H](OS(C)(=O)=O)[C@@H]2C[C@H](c3ccccc3)CC[C@H]2O[C@@H]1/N=C/c1ccc(Cl)cc1. The second-order valence-electron chi connectivity index (χ2n) is 9.01. The van der Waals surface area contributed by atoms with E-state index in [1.807, 2.05) is 30.3 Å². The molecule has 11 heteroatoms. The predicted octanol–water partition coefficient (Wildman–Crippen LogP) is 3.76. The summed E-state index contributed by atoms with van der Waals surface area (Å²) in [6.45, 7) is 0. The van der Waals surface area contributed by atoms with E-state index in [1.54, 1.807) is 24.3 Å². The van der Waals surface area contributed by atoms with Crippen LogP contribution in [-0.4, -0.2) is 60.1 Å². The largest absolute Gasteiger partial charge is 0.350 e. The first-order chi connectivity index (χ1) is 16.5. The predicted molar refractivity (Wildman–Crippen MR) is 134 cm³/mol. The van der Waals surface area contributed by atoms with Crippen molar-refractivity contribution in [1.82, 2.24) is 0 Å². The molecule has 0 aromatic heterocycles. The number of halogens is 1. The number of nitrogens with zero attached hydrogens (tertiary/aromatic N) is 1. The molecule has 1 heterocycles. The molecule has 0 unspecified atom stereocenters. The summed E-state index contributed by atoms with van der Waals surface area (Å²) in [5, 5.41) is 0.564. The summed E-state index contributed by atoms with van der Waals surface area (Å²) < 4.78 is 65.9. The van der Waals surface area contributed by atoms with Gasteiger partial charge in [-0.1, -0.05) is 54.1 Å². The Kier molecular flexibility index (Phi) is 7.99. The normalized spacial score (nSPS) is 29.7. The lowest BCUT2D eigenvalue weighted by molar-refractivity contribution is -0.190.